The van der Waals surface area contributed by atoms with E-state index in [1.165, 1.54) is 0 Å². The van der Waals surface area contributed by atoms with Crippen molar-refractivity contribution in [2.45, 2.75) is 27.7 Å². The van der Waals surface area contributed by atoms with Crippen LogP contribution in [-0.4, -0.2) is 16.4 Å². The van der Waals surface area contributed by atoms with Crippen LogP contribution in [0.2, 0.25) is 0 Å². The summed E-state index contributed by atoms with van der Waals surface area (Å²) in [5.41, 5.74) is 7.50. The van der Waals surface area contributed by atoms with Gasteiger partial charge in [-0.2, -0.15) is 0 Å². The Morgan fingerprint density at radius 1 is 0.679 bits per heavy atom. The van der Waals surface area contributed by atoms with Crippen LogP contribution in [0.1, 0.15) is 36.4 Å². The Hall–Kier alpha value is -2.11. The van der Waals surface area contributed by atoms with E-state index in [0.29, 0.717) is 0 Å². The molecule has 0 unspecified atom stereocenters. The molecule has 1 heterocycles. The molecule has 5 heteroatoms. The third kappa shape index (κ3) is 4.65. The highest BCUT2D eigenvalue weighted by Gasteiger charge is 2.08. The molecule has 0 atom stereocenters. The molecule has 0 aliphatic heterocycles. The smallest absolute Gasteiger partial charge is 0.0849 e. The zero-order valence-electron chi connectivity index (χ0n) is 16.3. The lowest BCUT2D eigenvalue weighted by Crippen LogP contribution is -2.05. The number of pyridine rings is 1. The summed E-state index contributed by atoms with van der Waals surface area (Å²) in [6.45, 7) is 8.07. The molecule has 0 aliphatic rings. The zero-order valence-corrected chi connectivity index (χ0v) is 19.5. The normalized spacial score (nSPS) is 12.4. The van der Waals surface area contributed by atoms with Gasteiger partial charge < -0.3 is 0 Å². The monoisotopic (exact) mass is 497 g/mol. The molecule has 2 aromatic carbocycles. The van der Waals surface area contributed by atoms with Crippen LogP contribution in [-0.2, 0) is 0 Å². The average molecular weight is 499 g/mol. The molecule has 3 aromatic rings. The van der Waals surface area contributed by atoms with Crippen LogP contribution in [0.4, 0.5) is 11.4 Å². The van der Waals surface area contributed by atoms with Crippen LogP contribution < -0.4 is 0 Å². The van der Waals surface area contributed by atoms with Crippen molar-refractivity contribution >= 4 is 54.7 Å². The highest BCUT2D eigenvalue weighted by atomic mass is 79.9. The number of aliphatic imine (C=N–C) groups is 2. The highest BCUT2D eigenvalue weighted by molar-refractivity contribution is 9.11. The van der Waals surface area contributed by atoms with Gasteiger partial charge >= 0.3 is 0 Å². The number of aromatic nitrogens is 1. The maximum absolute atomic E-state index is 4.80. The average Bonchev–Trinajstić information content (AvgIpc) is 2.67. The second-order valence-electron chi connectivity index (χ2n) is 6.61. The molecule has 0 aliphatic carbocycles. The van der Waals surface area contributed by atoms with E-state index in [4.69, 9.17) is 15.0 Å². The lowest BCUT2D eigenvalue weighted by atomic mass is 10.1. The first-order valence-corrected chi connectivity index (χ1v) is 10.5. The Morgan fingerprint density at radius 3 is 1.46 bits per heavy atom. The second kappa shape index (κ2) is 8.93. The molecule has 0 saturated carbocycles. The van der Waals surface area contributed by atoms with E-state index in [1.807, 2.05) is 56.3 Å². The van der Waals surface area contributed by atoms with Crippen molar-refractivity contribution in [2.24, 2.45) is 9.98 Å². The minimum absolute atomic E-state index is 0.839. The Kier molecular flexibility index (Phi) is 6.57. The number of hydrogen-bond donors (Lipinski definition) is 0. The molecule has 1 aromatic heterocycles. The fourth-order valence-electron chi connectivity index (χ4n) is 2.82. The molecular weight excluding hydrogens is 478 g/mol. The predicted octanol–water partition coefficient (Wildman–Crippen LogP) is 7.50. The highest BCUT2D eigenvalue weighted by Crippen LogP contribution is 2.30. The molecule has 0 fully saturated rings. The van der Waals surface area contributed by atoms with E-state index in [0.717, 1.165) is 54.3 Å². The first-order valence-electron chi connectivity index (χ1n) is 8.95. The summed E-state index contributed by atoms with van der Waals surface area (Å²) in [7, 11) is 0. The summed E-state index contributed by atoms with van der Waals surface area (Å²) in [5.74, 6) is 0. The van der Waals surface area contributed by atoms with E-state index in [9.17, 15) is 0 Å². The van der Waals surface area contributed by atoms with Gasteiger partial charge in [0, 0.05) is 8.95 Å². The Bertz CT molecular complexity index is 962. The standard InChI is InChI=1S/C23H21Br2N3/c1-14-8-5-10-18(24)22(14)26-16(3)20-12-7-13-21(28-20)17(4)27-23-15(2)9-6-11-19(23)25/h5-13H,1-4H3. The number of benzene rings is 2. The van der Waals surface area contributed by atoms with E-state index in [1.54, 1.807) is 0 Å². The molecule has 28 heavy (non-hydrogen) atoms. The molecule has 0 saturated heterocycles. The largest absolute Gasteiger partial charge is 0.250 e. The number of nitrogens with zero attached hydrogens (tertiary/aromatic N) is 3. The fourth-order valence-corrected chi connectivity index (χ4v) is 3.93. The van der Waals surface area contributed by atoms with Crippen molar-refractivity contribution < 1.29 is 0 Å². The van der Waals surface area contributed by atoms with Gasteiger partial charge in [-0.25, -0.2) is 4.98 Å². The number of halogens is 2. The molecule has 3 nitrogen and oxygen atoms in total. The van der Waals surface area contributed by atoms with Crippen molar-refractivity contribution in [3.63, 3.8) is 0 Å². The van der Waals surface area contributed by atoms with Crippen molar-refractivity contribution in [1.29, 1.82) is 0 Å². The van der Waals surface area contributed by atoms with Gasteiger partial charge in [-0.15, -0.1) is 0 Å². The van der Waals surface area contributed by atoms with Crippen LogP contribution >= 0.6 is 31.9 Å². The molecular formula is C23H21Br2N3. The first-order chi connectivity index (χ1) is 13.4. The van der Waals surface area contributed by atoms with Gasteiger partial charge in [0.05, 0.1) is 34.2 Å². The SMILES string of the molecule is CC(=Nc1c(C)cccc1Br)c1cccc(C(C)=Nc2c(C)cccc2Br)n1. The summed E-state index contributed by atoms with van der Waals surface area (Å²) in [5, 5.41) is 0. The Labute approximate surface area is 182 Å². The molecule has 0 amide bonds. The third-order valence-electron chi connectivity index (χ3n) is 4.43. The second-order valence-corrected chi connectivity index (χ2v) is 8.32. The molecule has 142 valence electrons. The van der Waals surface area contributed by atoms with Gasteiger partial charge in [-0.1, -0.05) is 30.3 Å². The quantitative estimate of drug-likeness (QED) is 0.343. The van der Waals surface area contributed by atoms with Gasteiger partial charge in [-0.3, -0.25) is 9.98 Å². The maximum Gasteiger partial charge on any atom is 0.0849 e. The van der Waals surface area contributed by atoms with E-state index < -0.39 is 0 Å². The van der Waals surface area contributed by atoms with Crippen LogP contribution in [0, 0.1) is 13.8 Å². The number of rotatable bonds is 4. The van der Waals surface area contributed by atoms with Crippen molar-refractivity contribution in [1.82, 2.24) is 4.98 Å². The minimum Gasteiger partial charge on any atom is -0.250 e. The van der Waals surface area contributed by atoms with E-state index >= 15 is 0 Å². The topological polar surface area (TPSA) is 37.6 Å². The Balaban J connectivity index is 1.98. The summed E-state index contributed by atoms with van der Waals surface area (Å²) < 4.78 is 1.95. The van der Waals surface area contributed by atoms with Crippen molar-refractivity contribution in [3.8, 4) is 0 Å². The van der Waals surface area contributed by atoms with Gasteiger partial charge in [0.15, 0.2) is 0 Å². The summed E-state index contributed by atoms with van der Waals surface area (Å²) in [4.78, 5) is 14.4. The predicted molar refractivity (Wildman–Crippen MR) is 126 cm³/mol. The minimum atomic E-state index is 0.839. The van der Waals surface area contributed by atoms with Crippen LogP contribution in [0.3, 0.4) is 0 Å². The summed E-state index contributed by atoms with van der Waals surface area (Å²) >= 11 is 7.17. The lowest BCUT2D eigenvalue weighted by Gasteiger charge is -2.08. The Morgan fingerprint density at radius 2 is 1.07 bits per heavy atom. The molecule has 0 radical (unpaired) electrons. The number of hydrogen-bond acceptors (Lipinski definition) is 3. The van der Waals surface area contributed by atoms with Crippen molar-refractivity contribution in [2.75, 3.05) is 0 Å². The summed E-state index contributed by atoms with van der Waals surface area (Å²) in [6, 6.07) is 18.1. The van der Waals surface area contributed by atoms with Crippen LogP contribution in [0.25, 0.3) is 0 Å². The number of aryl methyl sites for hydroxylation is 2. The van der Waals surface area contributed by atoms with Crippen LogP contribution in [0.15, 0.2) is 73.5 Å². The van der Waals surface area contributed by atoms with Gasteiger partial charge in [-0.05, 0) is 94.9 Å². The lowest BCUT2D eigenvalue weighted by molar-refractivity contribution is 1.23. The van der Waals surface area contributed by atoms with E-state index in [2.05, 4.69) is 57.8 Å². The first kappa shape index (κ1) is 20.6. The van der Waals surface area contributed by atoms with Crippen molar-refractivity contribution in [3.05, 3.63) is 86.1 Å². The molecule has 0 N–H and O–H groups in total. The van der Waals surface area contributed by atoms with Gasteiger partial charge in [0.2, 0.25) is 0 Å². The summed E-state index contributed by atoms with van der Waals surface area (Å²) in [6.07, 6.45) is 0. The van der Waals surface area contributed by atoms with Gasteiger partial charge in [0.25, 0.3) is 0 Å². The van der Waals surface area contributed by atoms with E-state index in [-0.39, 0.29) is 0 Å². The molecule has 0 spiro atoms. The third-order valence-corrected chi connectivity index (χ3v) is 5.71. The fraction of sp³-hybridized carbons (Fsp3) is 0.174. The van der Waals surface area contributed by atoms with Gasteiger partial charge in [0.1, 0.15) is 0 Å². The molecule has 0 bridgehead atoms. The molecule has 3 rings (SSSR count). The zero-order chi connectivity index (χ0) is 20.3. The number of para-hydroxylation sites is 2. The van der Waals surface area contributed by atoms with Crippen LogP contribution in [0.5, 0.6) is 0 Å². The maximum atomic E-state index is 4.80.